The molecular weight excluding hydrogens is 382 g/mol. The van der Waals surface area contributed by atoms with Gasteiger partial charge in [0, 0.05) is 5.56 Å². The Balaban J connectivity index is 1.91. The lowest BCUT2D eigenvalue weighted by Gasteiger charge is -2.15. The second-order valence-corrected chi connectivity index (χ2v) is 7.23. The van der Waals surface area contributed by atoms with Gasteiger partial charge < -0.3 is 14.2 Å². The monoisotopic (exact) mass is 401 g/mol. The summed E-state index contributed by atoms with van der Waals surface area (Å²) in [7, 11) is 3.18. The van der Waals surface area contributed by atoms with E-state index in [0.717, 1.165) is 11.3 Å². The summed E-state index contributed by atoms with van der Waals surface area (Å²) in [5.41, 5.74) is 1.46. The van der Waals surface area contributed by atoms with Crippen molar-refractivity contribution < 1.29 is 19.0 Å². The molecule has 2 aromatic rings. The molecule has 0 aromatic heterocycles. The molecule has 0 unspecified atom stereocenters. The summed E-state index contributed by atoms with van der Waals surface area (Å²) < 4.78 is 16.6. The quantitative estimate of drug-likeness (QED) is 0.524. The van der Waals surface area contributed by atoms with Crippen LogP contribution in [0.3, 0.4) is 0 Å². The highest BCUT2D eigenvalue weighted by atomic mass is 32.2. The zero-order chi connectivity index (χ0) is 19.4. The van der Waals surface area contributed by atoms with Crippen molar-refractivity contribution in [3.05, 3.63) is 52.9 Å². The largest absolute Gasteiger partial charge is 0.497 e. The van der Waals surface area contributed by atoms with Crippen molar-refractivity contribution in [1.82, 2.24) is 0 Å². The number of hydrogen-bond donors (Lipinski definition) is 0. The Bertz CT molecular complexity index is 893. The Labute approximate surface area is 167 Å². The summed E-state index contributed by atoms with van der Waals surface area (Å²) >= 11 is 6.69. The minimum Gasteiger partial charge on any atom is -0.497 e. The van der Waals surface area contributed by atoms with Crippen LogP contribution in [0.25, 0.3) is 6.08 Å². The van der Waals surface area contributed by atoms with E-state index in [0.29, 0.717) is 33.0 Å². The van der Waals surface area contributed by atoms with E-state index in [2.05, 4.69) is 0 Å². The van der Waals surface area contributed by atoms with Gasteiger partial charge in [-0.05, 0) is 55.5 Å². The molecule has 1 amide bonds. The molecule has 0 N–H and O–H groups in total. The Morgan fingerprint density at radius 1 is 1.07 bits per heavy atom. The van der Waals surface area contributed by atoms with E-state index in [4.69, 9.17) is 26.4 Å². The first-order valence-electron chi connectivity index (χ1n) is 8.30. The molecule has 140 valence electrons. The molecule has 0 atom stereocenters. The van der Waals surface area contributed by atoms with Gasteiger partial charge in [0.15, 0.2) is 4.32 Å². The molecule has 0 bridgehead atoms. The van der Waals surface area contributed by atoms with Crippen LogP contribution in [0.4, 0.5) is 5.69 Å². The first kappa shape index (κ1) is 19.3. The molecule has 0 radical (unpaired) electrons. The molecule has 0 aliphatic carbocycles. The normalized spacial score (nSPS) is 15.4. The second-order valence-electron chi connectivity index (χ2n) is 5.55. The topological polar surface area (TPSA) is 48.0 Å². The molecule has 1 aliphatic rings. The standard InChI is InChI=1S/C20H19NO4S2/c1-4-25-15-7-5-14(6-8-15)21-19(22)18(27-20(21)26)12-13-11-16(23-2)9-10-17(13)24-3/h5-12H,4H2,1-3H3. The Morgan fingerprint density at radius 2 is 1.78 bits per heavy atom. The van der Waals surface area contributed by atoms with E-state index in [1.54, 1.807) is 32.4 Å². The molecule has 3 rings (SSSR count). The van der Waals surface area contributed by atoms with E-state index in [1.807, 2.05) is 37.3 Å². The maximum atomic E-state index is 12.9. The molecular formula is C20H19NO4S2. The number of nitrogens with zero attached hydrogens (tertiary/aromatic N) is 1. The molecule has 5 nitrogen and oxygen atoms in total. The summed E-state index contributed by atoms with van der Waals surface area (Å²) in [5, 5.41) is 0. The van der Waals surface area contributed by atoms with Gasteiger partial charge in [-0.3, -0.25) is 9.69 Å². The summed E-state index contributed by atoms with van der Waals surface area (Å²) in [6.07, 6.45) is 1.77. The first-order chi connectivity index (χ1) is 13.1. The SMILES string of the molecule is CCOc1ccc(N2C(=O)C(=Cc3cc(OC)ccc3OC)SC2=S)cc1. The predicted molar refractivity (Wildman–Crippen MR) is 113 cm³/mol. The number of thioether (sulfide) groups is 1. The number of hydrogen-bond acceptors (Lipinski definition) is 6. The summed E-state index contributed by atoms with van der Waals surface area (Å²) in [4.78, 5) is 15.0. The van der Waals surface area contributed by atoms with Crippen LogP contribution in [0, 0.1) is 0 Å². The van der Waals surface area contributed by atoms with Gasteiger partial charge in [-0.15, -0.1) is 0 Å². The van der Waals surface area contributed by atoms with Crippen LogP contribution in [-0.2, 0) is 4.79 Å². The van der Waals surface area contributed by atoms with Gasteiger partial charge in [-0.25, -0.2) is 0 Å². The van der Waals surface area contributed by atoms with E-state index < -0.39 is 0 Å². The number of carbonyl (C=O) groups excluding carboxylic acids is 1. The third kappa shape index (κ3) is 4.09. The predicted octanol–water partition coefficient (Wildman–Crippen LogP) is 4.51. The lowest BCUT2D eigenvalue weighted by molar-refractivity contribution is -0.113. The fourth-order valence-electron chi connectivity index (χ4n) is 2.64. The van der Waals surface area contributed by atoms with Gasteiger partial charge in [-0.2, -0.15) is 0 Å². The van der Waals surface area contributed by atoms with E-state index >= 15 is 0 Å². The maximum absolute atomic E-state index is 12.9. The Morgan fingerprint density at radius 3 is 2.41 bits per heavy atom. The minimum absolute atomic E-state index is 0.168. The van der Waals surface area contributed by atoms with Crippen molar-refractivity contribution in [2.45, 2.75) is 6.92 Å². The number of anilines is 1. The third-order valence-electron chi connectivity index (χ3n) is 3.92. The highest BCUT2D eigenvalue weighted by molar-refractivity contribution is 8.27. The fraction of sp³-hybridized carbons (Fsp3) is 0.200. The van der Waals surface area contributed by atoms with Crippen molar-refractivity contribution in [3.63, 3.8) is 0 Å². The van der Waals surface area contributed by atoms with Crippen LogP contribution in [0.15, 0.2) is 47.4 Å². The summed E-state index contributed by atoms with van der Waals surface area (Å²) in [6, 6.07) is 12.7. The van der Waals surface area contributed by atoms with Gasteiger partial charge in [0.05, 0.1) is 31.4 Å². The summed E-state index contributed by atoms with van der Waals surface area (Å²) in [5.74, 6) is 1.92. The van der Waals surface area contributed by atoms with Crippen LogP contribution in [0.2, 0.25) is 0 Å². The van der Waals surface area contributed by atoms with E-state index in [-0.39, 0.29) is 5.91 Å². The number of rotatable bonds is 6. The van der Waals surface area contributed by atoms with Gasteiger partial charge in [0.2, 0.25) is 0 Å². The molecule has 1 fully saturated rings. The Kier molecular flexibility index (Phi) is 6.03. The molecule has 1 heterocycles. The average molecular weight is 402 g/mol. The smallest absolute Gasteiger partial charge is 0.270 e. The molecule has 0 spiro atoms. The zero-order valence-corrected chi connectivity index (χ0v) is 16.9. The number of thiocarbonyl (C=S) groups is 1. The number of benzene rings is 2. The zero-order valence-electron chi connectivity index (χ0n) is 15.2. The van der Waals surface area contributed by atoms with Gasteiger partial charge in [0.1, 0.15) is 17.2 Å². The molecule has 27 heavy (non-hydrogen) atoms. The van der Waals surface area contributed by atoms with Crippen molar-refractivity contribution in [3.8, 4) is 17.2 Å². The summed E-state index contributed by atoms with van der Waals surface area (Å²) in [6.45, 7) is 2.51. The average Bonchev–Trinajstić information content (AvgIpc) is 2.96. The molecule has 0 saturated carbocycles. The lowest BCUT2D eigenvalue weighted by atomic mass is 10.1. The number of ether oxygens (including phenoxy) is 3. The fourth-order valence-corrected chi connectivity index (χ4v) is 3.93. The van der Waals surface area contributed by atoms with Crippen LogP contribution < -0.4 is 19.1 Å². The van der Waals surface area contributed by atoms with Gasteiger partial charge in [0.25, 0.3) is 5.91 Å². The number of carbonyl (C=O) groups is 1. The van der Waals surface area contributed by atoms with Crippen LogP contribution in [0.5, 0.6) is 17.2 Å². The van der Waals surface area contributed by atoms with Crippen LogP contribution in [-0.4, -0.2) is 31.1 Å². The highest BCUT2D eigenvalue weighted by Gasteiger charge is 2.33. The van der Waals surface area contributed by atoms with Crippen molar-refractivity contribution >= 4 is 46.0 Å². The van der Waals surface area contributed by atoms with Gasteiger partial charge in [-0.1, -0.05) is 24.0 Å². The third-order valence-corrected chi connectivity index (χ3v) is 5.23. The number of methoxy groups -OCH3 is 2. The van der Waals surface area contributed by atoms with Crippen LogP contribution in [0.1, 0.15) is 12.5 Å². The molecule has 1 aliphatic heterocycles. The second kappa shape index (κ2) is 8.45. The molecule has 7 heteroatoms. The minimum atomic E-state index is -0.168. The maximum Gasteiger partial charge on any atom is 0.270 e. The van der Waals surface area contributed by atoms with Gasteiger partial charge >= 0.3 is 0 Å². The first-order valence-corrected chi connectivity index (χ1v) is 9.52. The highest BCUT2D eigenvalue weighted by Crippen LogP contribution is 2.38. The van der Waals surface area contributed by atoms with Crippen molar-refractivity contribution in [2.75, 3.05) is 25.7 Å². The van der Waals surface area contributed by atoms with Crippen molar-refractivity contribution in [2.24, 2.45) is 0 Å². The molecule has 1 saturated heterocycles. The van der Waals surface area contributed by atoms with Crippen molar-refractivity contribution in [1.29, 1.82) is 0 Å². The number of amides is 1. The van der Waals surface area contributed by atoms with E-state index in [9.17, 15) is 4.79 Å². The van der Waals surface area contributed by atoms with Crippen LogP contribution >= 0.6 is 24.0 Å². The Hall–Kier alpha value is -2.51. The molecule has 2 aromatic carbocycles. The lowest BCUT2D eigenvalue weighted by Crippen LogP contribution is -2.27. The van der Waals surface area contributed by atoms with E-state index in [1.165, 1.54) is 16.7 Å².